The van der Waals surface area contributed by atoms with E-state index >= 15 is 0 Å². The maximum absolute atomic E-state index is 12.0. The molecule has 2 heteroatoms. The van der Waals surface area contributed by atoms with Gasteiger partial charge in [0, 0.05) is 19.5 Å². The lowest BCUT2D eigenvalue weighted by Gasteiger charge is -2.39. The van der Waals surface area contributed by atoms with Gasteiger partial charge in [-0.3, -0.25) is 4.79 Å². The fourth-order valence-electron chi connectivity index (χ4n) is 2.20. The lowest BCUT2D eigenvalue weighted by atomic mass is 9.83. The van der Waals surface area contributed by atoms with Crippen molar-refractivity contribution in [1.29, 1.82) is 0 Å². The summed E-state index contributed by atoms with van der Waals surface area (Å²) in [7, 11) is 0. The van der Waals surface area contributed by atoms with E-state index in [1.54, 1.807) is 0 Å². The minimum Gasteiger partial charge on any atom is -0.342 e. The SMILES string of the molecule is CC(C)(C)CC(=O)N1CCCC(C)(C)C1. The molecule has 1 rings (SSSR count). The zero-order chi connectivity index (χ0) is 11.7. The summed E-state index contributed by atoms with van der Waals surface area (Å²) in [6.07, 6.45) is 3.07. The standard InChI is InChI=1S/C13H25NO/c1-12(2,3)9-11(15)14-8-6-7-13(4,5)10-14/h6-10H2,1-5H3. The fraction of sp³-hybridized carbons (Fsp3) is 0.923. The Labute approximate surface area is 94.0 Å². The maximum Gasteiger partial charge on any atom is 0.223 e. The quantitative estimate of drug-likeness (QED) is 0.652. The topological polar surface area (TPSA) is 20.3 Å². The van der Waals surface area contributed by atoms with Gasteiger partial charge in [0.05, 0.1) is 0 Å². The van der Waals surface area contributed by atoms with Crippen molar-refractivity contribution in [3.8, 4) is 0 Å². The molecule has 88 valence electrons. The van der Waals surface area contributed by atoms with Crippen LogP contribution >= 0.6 is 0 Å². The fourth-order valence-corrected chi connectivity index (χ4v) is 2.20. The van der Waals surface area contributed by atoms with Crippen LogP contribution in [-0.4, -0.2) is 23.9 Å². The third kappa shape index (κ3) is 4.23. The van der Waals surface area contributed by atoms with Crippen LogP contribution in [-0.2, 0) is 4.79 Å². The highest BCUT2D eigenvalue weighted by molar-refractivity contribution is 5.77. The Morgan fingerprint density at radius 2 is 1.93 bits per heavy atom. The van der Waals surface area contributed by atoms with Gasteiger partial charge in [-0.05, 0) is 23.7 Å². The van der Waals surface area contributed by atoms with E-state index < -0.39 is 0 Å². The van der Waals surface area contributed by atoms with Crippen molar-refractivity contribution in [2.45, 2.75) is 53.9 Å². The molecule has 0 atom stereocenters. The Kier molecular flexibility index (Phi) is 3.47. The number of piperidine rings is 1. The predicted molar refractivity (Wildman–Crippen MR) is 63.7 cm³/mol. The molecule has 0 bridgehead atoms. The van der Waals surface area contributed by atoms with E-state index in [0.717, 1.165) is 19.5 Å². The largest absolute Gasteiger partial charge is 0.342 e. The molecular weight excluding hydrogens is 186 g/mol. The van der Waals surface area contributed by atoms with Crippen LogP contribution in [0.1, 0.15) is 53.9 Å². The van der Waals surface area contributed by atoms with E-state index in [9.17, 15) is 4.79 Å². The van der Waals surface area contributed by atoms with Gasteiger partial charge >= 0.3 is 0 Å². The number of hydrogen-bond acceptors (Lipinski definition) is 1. The van der Waals surface area contributed by atoms with Crippen molar-refractivity contribution in [3.63, 3.8) is 0 Å². The number of hydrogen-bond donors (Lipinski definition) is 0. The van der Waals surface area contributed by atoms with Crippen molar-refractivity contribution >= 4 is 5.91 Å². The Morgan fingerprint density at radius 1 is 1.33 bits per heavy atom. The van der Waals surface area contributed by atoms with Gasteiger partial charge in [-0.25, -0.2) is 0 Å². The number of likely N-dealkylation sites (tertiary alicyclic amines) is 1. The highest BCUT2D eigenvalue weighted by Crippen LogP contribution is 2.30. The molecule has 2 nitrogen and oxygen atoms in total. The molecule has 15 heavy (non-hydrogen) atoms. The molecule has 0 aromatic heterocycles. The summed E-state index contributed by atoms with van der Waals surface area (Å²) in [6.45, 7) is 12.8. The number of rotatable bonds is 1. The first-order chi connectivity index (χ1) is 6.70. The van der Waals surface area contributed by atoms with Crippen LogP contribution in [0.5, 0.6) is 0 Å². The van der Waals surface area contributed by atoms with Gasteiger partial charge in [0.15, 0.2) is 0 Å². The summed E-state index contributed by atoms with van der Waals surface area (Å²) < 4.78 is 0. The van der Waals surface area contributed by atoms with Gasteiger partial charge in [-0.2, -0.15) is 0 Å². The van der Waals surface area contributed by atoms with E-state index in [1.807, 2.05) is 0 Å². The zero-order valence-corrected chi connectivity index (χ0v) is 10.9. The minimum atomic E-state index is 0.110. The van der Waals surface area contributed by atoms with Gasteiger partial charge in [0.2, 0.25) is 5.91 Å². The molecule has 1 heterocycles. The van der Waals surface area contributed by atoms with Gasteiger partial charge in [0.1, 0.15) is 0 Å². The Morgan fingerprint density at radius 3 is 2.40 bits per heavy atom. The highest BCUT2D eigenvalue weighted by atomic mass is 16.2. The van der Waals surface area contributed by atoms with E-state index in [2.05, 4.69) is 39.5 Å². The maximum atomic E-state index is 12.0. The Hall–Kier alpha value is -0.530. The molecular formula is C13H25NO. The van der Waals surface area contributed by atoms with Crippen molar-refractivity contribution in [2.24, 2.45) is 10.8 Å². The molecule has 0 radical (unpaired) electrons. The molecule has 1 saturated heterocycles. The van der Waals surface area contributed by atoms with Gasteiger partial charge in [-0.15, -0.1) is 0 Å². The lowest BCUT2D eigenvalue weighted by Crippen LogP contribution is -2.44. The van der Waals surface area contributed by atoms with Crippen molar-refractivity contribution in [3.05, 3.63) is 0 Å². The van der Waals surface area contributed by atoms with E-state index in [0.29, 0.717) is 17.7 Å². The second-order valence-corrected chi connectivity index (χ2v) is 6.82. The van der Waals surface area contributed by atoms with Crippen molar-refractivity contribution in [1.82, 2.24) is 4.90 Å². The molecule has 1 amide bonds. The Bertz CT molecular complexity index is 237. The molecule has 0 aliphatic carbocycles. The summed E-state index contributed by atoms with van der Waals surface area (Å²) in [4.78, 5) is 14.1. The van der Waals surface area contributed by atoms with Crippen molar-refractivity contribution < 1.29 is 4.79 Å². The first-order valence-electron chi connectivity index (χ1n) is 5.97. The second kappa shape index (κ2) is 4.15. The molecule has 1 aliphatic heterocycles. The van der Waals surface area contributed by atoms with Crippen LogP contribution in [0.4, 0.5) is 0 Å². The molecule has 0 spiro atoms. The highest BCUT2D eigenvalue weighted by Gasteiger charge is 2.30. The van der Waals surface area contributed by atoms with E-state index in [4.69, 9.17) is 0 Å². The monoisotopic (exact) mass is 211 g/mol. The lowest BCUT2D eigenvalue weighted by molar-refractivity contribution is -0.136. The Balaban J connectivity index is 2.53. The smallest absolute Gasteiger partial charge is 0.223 e. The molecule has 0 unspecified atom stereocenters. The first-order valence-corrected chi connectivity index (χ1v) is 5.97. The molecule has 1 aliphatic rings. The zero-order valence-electron chi connectivity index (χ0n) is 10.9. The summed E-state index contributed by atoms with van der Waals surface area (Å²) in [5.41, 5.74) is 0.421. The van der Waals surface area contributed by atoms with Crippen LogP contribution in [0.25, 0.3) is 0 Å². The van der Waals surface area contributed by atoms with Crippen LogP contribution in [0.2, 0.25) is 0 Å². The average molecular weight is 211 g/mol. The predicted octanol–water partition coefficient (Wildman–Crippen LogP) is 3.07. The number of carbonyl (C=O) groups excluding carboxylic acids is 1. The second-order valence-electron chi connectivity index (χ2n) is 6.82. The third-order valence-electron chi connectivity index (χ3n) is 2.93. The van der Waals surface area contributed by atoms with Crippen LogP contribution in [0, 0.1) is 10.8 Å². The normalized spacial score (nSPS) is 21.5. The van der Waals surface area contributed by atoms with Gasteiger partial charge in [0.25, 0.3) is 0 Å². The number of carbonyl (C=O) groups is 1. The molecule has 0 aromatic carbocycles. The van der Waals surface area contributed by atoms with Crippen LogP contribution in [0.3, 0.4) is 0 Å². The molecule has 0 aromatic rings. The van der Waals surface area contributed by atoms with Gasteiger partial charge in [-0.1, -0.05) is 34.6 Å². The first kappa shape index (κ1) is 12.5. The van der Waals surface area contributed by atoms with Crippen LogP contribution < -0.4 is 0 Å². The average Bonchev–Trinajstić information content (AvgIpc) is 1.99. The number of nitrogens with zero attached hydrogens (tertiary/aromatic N) is 1. The molecule has 0 saturated carbocycles. The summed E-state index contributed by atoms with van der Waals surface area (Å²) in [5, 5.41) is 0. The number of amides is 1. The van der Waals surface area contributed by atoms with Crippen molar-refractivity contribution in [2.75, 3.05) is 13.1 Å². The molecule has 1 fully saturated rings. The van der Waals surface area contributed by atoms with Crippen LogP contribution in [0.15, 0.2) is 0 Å². The minimum absolute atomic E-state index is 0.110. The van der Waals surface area contributed by atoms with E-state index in [-0.39, 0.29) is 5.41 Å². The summed E-state index contributed by atoms with van der Waals surface area (Å²) in [5.74, 6) is 0.329. The summed E-state index contributed by atoms with van der Waals surface area (Å²) in [6, 6.07) is 0. The van der Waals surface area contributed by atoms with Gasteiger partial charge < -0.3 is 4.90 Å². The molecule has 0 N–H and O–H groups in total. The van der Waals surface area contributed by atoms with E-state index in [1.165, 1.54) is 6.42 Å². The third-order valence-corrected chi connectivity index (χ3v) is 2.93. The summed E-state index contributed by atoms with van der Waals surface area (Å²) >= 11 is 0.